The molecule has 2 aliphatic carbocycles. The highest BCUT2D eigenvalue weighted by Gasteiger charge is 2.45. The van der Waals surface area contributed by atoms with Crippen LogP contribution in [0.3, 0.4) is 0 Å². The minimum absolute atomic E-state index is 0.242. The molecule has 3 aliphatic rings. The Morgan fingerprint density at radius 1 is 1.00 bits per heavy atom. The number of rotatable bonds is 5. The van der Waals surface area contributed by atoms with Crippen LogP contribution in [0.1, 0.15) is 91.9 Å². The van der Waals surface area contributed by atoms with Gasteiger partial charge in [-0.3, -0.25) is 0 Å². The van der Waals surface area contributed by atoms with Gasteiger partial charge in [0.2, 0.25) is 0 Å². The minimum Gasteiger partial charge on any atom is -0.347 e. The molecule has 0 aromatic heterocycles. The molecule has 0 bridgehead atoms. The van der Waals surface area contributed by atoms with Gasteiger partial charge < -0.3 is 14.4 Å². The molecule has 3 heteroatoms. The van der Waals surface area contributed by atoms with Crippen molar-refractivity contribution in [2.45, 2.75) is 110 Å². The summed E-state index contributed by atoms with van der Waals surface area (Å²) in [5.74, 6) is 0.570. The maximum atomic E-state index is 6.48. The van der Waals surface area contributed by atoms with Crippen molar-refractivity contribution >= 4 is 0 Å². The summed E-state index contributed by atoms with van der Waals surface area (Å²) in [5.41, 5.74) is 0.418. The molecule has 0 aromatic rings. The second-order valence-corrected chi connectivity index (χ2v) is 9.81. The van der Waals surface area contributed by atoms with Crippen LogP contribution >= 0.6 is 0 Å². The molecule has 3 fully saturated rings. The first-order valence-electron chi connectivity index (χ1n) is 11.0. The van der Waals surface area contributed by atoms with Crippen LogP contribution in [0, 0.1) is 11.3 Å². The Labute approximate surface area is 155 Å². The molecule has 0 N–H and O–H groups in total. The van der Waals surface area contributed by atoms with E-state index in [0.29, 0.717) is 11.5 Å². The first-order chi connectivity index (χ1) is 11.9. The summed E-state index contributed by atoms with van der Waals surface area (Å²) >= 11 is 0. The standard InChI is InChI=1S/C22H41NO2/c1-5-23(19-9-7-6-8-10-19)16-13-20-17-24-22(25-20)14-11-18(12-15-22)21(2,3)4/h18-20H,5-17H2,1-4H3. The first-order valence-corrected chi connectivity index (χ1v) is 11.0. The molecule has 1 aliphatic heterocycles. The third-order valence-corrected chi connectivity index (χ3v) is 7.12. The van der Waals surface area contributed by atoms with Crippen LogP contribution in [-0.4, -0.2) is 42.5 Å². The lowest BCUT2D eigenvalue weighted by Crippen LogP contribution is -2.40. The van der Waals surface area contributed by atoms with Gasteiger partial charge in [0.15, 0.2) is 5.79 Å². The molecular formula is C22H41NO2. The zero-order chi connectivity index (χ0) is 17.9. The van der Waals surface area contributed by atoms with Crippen molar-refractivity contribution in [1.29, 1.82) is 0 Å². The maximum Gasteiger partial charge on any atom is 0.168 e. The molecule has 0 aromatic carbocycles. The van der Waals surface area contributed by atoms with Crippen molar-refractivity contribution in [3.8, 4) is 0 Å². The fraction of sp³-hybridized carbons (Fsp3) is 1.00. The SMILES string of the molecule is CCN(CCC1COC2(CCC(C(C)(C)C)CC2)O1)C1CCCCC1. The molecule has 0 radical (unpaired) electrons. The topological polar surface area (TPSA) is 21.7 Å². The van der Waals surface area contributed by atoms with Gasteiger partial charge in [0.05, 0.1) is 12.7 Å². The van der Waals surface area contributed by atoms with Gasteiger partial charge in [-0.05, 0) is 50.0 Å². The lowest BCUT2D eigenvalue weighted by atomic mass is 9.71. The molecule has 146 valence electrons. The summed E-state index contributed by atoms with van der Waals surface area (Å²) in [7, 11) is 0. The van der Waals surface area contributed by atoms with E-state index in [1.807, 2.05) is 0 Å². The van der Waals surface area contributed by atoms with Gasteiger partial charge in [-0.25, -0.2) is 0 Å². The van der Waals surface area contributed by atoms with Crippen LogP contribution in [0.2, 0.25) is 0 Å². The number of ether oxygens (including phenoxy) is 2. The van der Waals surface area contributed by atoms with Crippen LogP contribution in [-0.2, 0) is 9.47 Å². The van der Waals surface area contributed by atoms with Gasteiger partial charge in [-0.2, -0.15) is 0 Å². The van der Waals surface area contributed by atoms with Crippen molar-refractivity contribution in [2.24, 2.45) is 11.3 Å². The largest absolute Gasteiger partial charge is 0.347 e. The Kier molecular flexibility index (Phi) is 6.50. The maximum absolute atomic E-state index is 6.48. The molecule has 1 spiro atoms. The summed E-state index contributed by atoms with van der Waals surface area (Å²) in [6.07, 6.45) is 13.2. The Hall–Kier alpha value is -0.120. The second kappa shape index (κ2) is 8.27. The highest BCUT2D eigenvalue weighted by atomic mass is 16.7. The van der Waals surface area contributed by atoms with Crippen LogP contribution < -0.4 is 0 Å². The van der Waals surface area contributed by atoms with Gasteiger partial charge >= 0.3 is 0 Å². The second-order valence-electron chi connectivity index (χ2n) is 9.81. The third kappa shape index (κ3) is 4.99. The van der Waals surface area contributed by atoms with E-state index >= 15 is 0 Å². The Morgan fingerprint density at radius 3 is 2.28 bits per heavy atom. The predicted octanol–water partition coefficient (Wildman–Crippen LogP) is 5.38. The number of hydrogen-bond donors (Lipinski definition) is 0. The van der Waals surface area contributed by atoms with Crippen molar-refractivity contribution in [2.75, 3.05) is 19.7 Å². The molecule has 1 heterocycles. The highest BCUT2D eigenvalue weighted by molar-refractivity contribution is 4.89. The fourth-order valence-corrected chi connectivity index (χ4v) is 5.30. The quantitative estimate of drug-likeness (QED) is 0.664. The molecular weight excluding hydrogens is 310 g/mol. The molecule has 1 saturated heterocycles. The molecule has 3 rings (SSSR count). The van der Waals surface area contributed by atoms with E-state index in [1.54, 1.807) is 0 Å². The van der Waals surface area contributed by atoms with E-state index in [2.05, 4.69) is 32.6 Å². The summed E-state index contributed by atoms with van der Waals surface area (Å²) in [4.78, 5) is 2.70. The first kappa shape index (κ1) is 19.6. The predicted molar refractivity (Wildman–Crippen MR) is 104 cm³/mol. The van der Waals surface area contributed by atoms with Gasteiger partial charge in [-0.15, -0.1) is 0 Å². The molecule has 3 nitrogen and oxygen atoms in total. The zero-order valence-corrected chi connectivity index (χ0v) is 17.2. The van der Waals surface area contributed by atoms with Crippen LogP contribution in [0.5, 0.6) is 0 Å². The van der Waals surface area contributed by atoms with Crippen LogP contribution in [0.25, 0.3) is 0 Å². The van der Waals surface area contributed by atoms with Crippen molar-refractivity contribution < 1.29 is 9.47 Å². The normalized spacial score (nSPS) is 34.9. The van der Waals surface area contributed by atoms with Crippen molar-refractivity contribution in [3.05, 3.63) is 0 Å². The molecule has 1 atom stereocenters. The Morgan fingerprint density at radius 2 is 1.68 bits per heavy atom. The van der Waals surface area contributed by atoms with Gasteiger partial charge in [0.1, 0.15) is 0 Å². The van der Waals surface area contributed by atoms with E-state index in [1.165, 1.54) is 58.0 Å². The van der Waals surface area contributed by atoms with Crippen LogP contribution in [0.4, 0.5) is 0 Å². The summed E-state index contributed by atoms with van der Waals surface area (Å²) in [6, 6.07) is 0.817. The van der Waals surface area contributed by atoms with Gasteiger partial charge in [0, 0.05) is 25.4 Å². The summed E-state index contributed by atoms with van der Waals surface area (Å²) in [5, 5.41) is 0. The van der Waals surface area contributed by atoms with E-state index in [0.717, 1.165) is 37.8 Å². The summed E-state index contributed by atoms with van der Waals surface area (Å²) in [6.45, 7) is 12.6. The molecule has 25 heavy (non-hydrogen) atoms. The fourth-order valence-electron chi connectivity index (χ4n) is 5.30. The van der Waals surface area contributed by atoms with Gasteiger partial charge in [-0.1, -0.05) is 47.0 Å². The van der Waals surface area contributed by atoms with E-state index in [4.69, 9.17) is 9.47 Å². The van der Waals surface area contributed by atoms with E-state index < -0.39 is 0 Å². The average Bonchev–Trinajstić information content (AvgIpc) is 2.98. The summed E-state index contributed by atoms with van der Waals surface area (Å²) < 4.78 is 12.7. The lowest BCUT2D eigenvalue weighted by Gasteiger charge is -2.41. The van der Waals surface area contributed by atoms with E-state index in [-0.39, 0.29) is 5.79 Å². The van der Waals surface area contributed by atoms with Crippen molar-refractivity contribution in [3.63, 3.8) is 0 Å². The van der Waals surface area contributed by atoms with Crippen molar-refractivity contribution in [1.82, 2.24) is 4.90 Å². The Balaban J connectivity index is 1.43. The average molecular weight is 352 g/mol. The monoisotopic (exact) mass is 351 g/mol. The number of hydrogen-bond acceptors (Lipinski definition) is 3. The minimum atomic E-state index is -0.242. The zero-order valence-electron chi connectivity index (χ0n) is 17.2. The smallest absolute Gasteiger partial charge is 0.168 e. The van der Waals surface area contributed by atoms with Crippen LogP contribution in [0.15, 0.2) is 0 Å². The molecule has 1 unspecified atom stereocenters. The Bertz CT molecular complexity index is 403. The highest BCUT2D eigenvalue weighted by Crippen LogP contribution is 2.45. The molecule has 0 amide bonds. The van der Waals surface area contributed by atoms with Gasteiger partial charge in [0.25, 0.3) is 0 Å². The number of nitrogens with zero attached hydrogens (tertiary/aromatic N) is 1. The third-order valence-electron chi connectivity index (χ3n) is 7.12. The van der Waals surface area contributed by atoms with E-state index in [9.17, 15) is 0 Å². The molecule has 2 saturated carbocycles. The lowest BCUT2D eigenvalue weighted by molar-refractivity contribution is -0.197.